The van der Waals surface area contributed by atoms with E-state index in [4.69, 9.17) is 11.5 Å². The van der Waals surface area contributed by atoms with Gasteiger partial charge in [0.05, 0.1) is 12.5 Å². The first-order valence-corrected chi connectivity index (χ1v) is 11.2. The average Bonchev–Trinajstić information content (AvgIpc) is 3.26. The molecule has 2 rings (SSSR count). The molecule has 0 saturated carbocycles. The number of hydrogen-bond donors (Lipinski definition) is 5. The number of rotatable bonds is 11. The molecule has 4 amide bonds. The van der Waals surface area contributed by atoms with Crippen LogP contribution >= 0.6 is 0 Å². The highest BCUT2D eigenvalue weighted by Crippen LogP contribution is 2.19. The normalized spacial score (nSPS) is 18.1. The number of nitrogens with two attached hydrogens (primary N) is 2. The van der Waals surface area contributed by atoms with Gasteiger partial charge in [0.25, 0.3) is 0 Å². The summed E-state index contributed by atoms with van der Waals surface area (Å²) < 4.78 is 0. The molecule has 0 aliphatic carbocycles. The van der Waals surface area contributed by atoms with Crippen molar-refractivity contribution in [1.29, 1.82) is 0 Å². The summed E-state index contributed by atoms with van der Waals surface area (Å²) >= 11 is 0. The highest BCUT2D eigenvalue weighted by Gasteiger charge is 2.38. The molecule has 1 aliphatic rings. The molecule has 11 nitrogen and oxygen atoms in total. The number of primary amides is 1. The van der Waals surface area contributed by atoms with E-state index >= 15 is 0 Å². The van der Waals surface area contributed by atoms with Crippen molar-refractivity contribution in [2.24, 2.45) is 17.4 Å². The van der Waals surface area contributed by atoms with Gasteiger partial charge in [-0.15, -0.1) is 0 Å². The zero-order chi connectivity index (χ0) is 25.4. The van der Waals surface area contributed by atoms with Gasteiger partial charge in [0, 0.05) is 13.0 Å². The van der Waals surface area contributed by atoms with E-state index in [2.05, 4.69) is 10.6 Å². The van der Waals surface area contributed by atoms with Crippen molar-refractivity contribution in [2.45, 2.75) is 63.7 Å². The number of likely N-dealkylation sites (tertiary alicyclic amines) is 1. The Balaban J connectivity index is 2.08. The van der Waals surface area contributed by atoms with Crippen molar-refractivity contribution >= 4 is 29.6 Å². The first kappa shape index (κ1) is 26.8. The number of carbonyl (C=O) groups is 5. The van der Waals surface area contributed by atoms with Crippen LogP contribution in [0.2, 0.25) is 0 Å². The molecular formula is C23H33N5O6. The monoisotopic (exact) mass is 475 g/mol. The quantitative estimate of drug-likeness (QED) is 0.275. The molecule has 4 atom stereocenters. The minimum atomic E-state index is -1.19. The van der Waals surface area contributed by atoms with Crippen molar-refractivity contribution in [3.8, 4) is 0 Å². The lowest BCUT2D eigenvalue weighted by atomic mass is 10.0. The van der Waals surface area contributed by atoms with Gasteiger partial charge in [-0.25, -0.2) is 4.79 Å². The number of benzene rings is 1. The second-order valence-corrected chi connectivity index (χ2v) is 8.79. The minimum Gasteiger partial charge on any atom is -0.480 e. The van der Waals surface area contributed by atoms with Crippen LogP contribution in [0, 0.1) is 5.92 Å². The number of carboxylic acid groups (broad SMARTS) is 1. The highest BCUT2D eigenvalue weighted by atomic mass is 16.4. The molecule has 4 unspecified atom stereocenters. The minimum absolute atomic E-state index is 0.0866. The Morgan fingerprint density at radius 1 is 1.12 bits per heavy atom. The van der Waals surface area contributed by atoms with E-state index in [0.717, 1.165) is 5.56 Å². The van der Waals surface area contributed by atoms with Crippen LogP contribution in [0.3, 0.4) is 0 Å². The summed E-state index contributed by atoms with van der Waals surface area (Å²) in [6.07, 6.45) is 0.685. The molecule has 1 aromatic carbocycles. The Kier molecular flexibility index (Phi) is 9.55. The fraction of sp³-hybridized carbons (Fsp3) is 0.522. The first-order valence-electron chi connectivity index (χ1n) is 11.2. The molecule has 1 fully saturated rings. The average molecular weight is 476 g/mol. The van der Waals surface area contributed by atoms with E-state index in [-0.39, 0.29) is 18.8 Å². The molecule has 1 aromatic rings. The lowest BCUT2D eigenvalue weighted by molar-refractivity contribution is -0.143. The van der Waals surface area contributed by atoms with Gasteiger partial charge in [-0.1, -0.05) is 44.2 Å². The SMILES string of the molecule is CC(C)C(NC(=O)C1CCCN1C(=O)C(N)CC(N)=O)C(=O)NC(Cc1ccccc1)C(=O)O. The molecule has 0 aromatic heterocycles. The summed E-state index contributed by atoms with van der Waals surface area (Å²) in [6, 6.07) is 4.70. The van der Waals surface area contributed by atoms with Crippen molar-refractivity contribution in [3.63, 3.8) is 0 Å². The van der Waals surface area contributed by atoms with Gasteiger partial charge >= 0.3 is 5.97 Å². The lowest BCUT2D eigenvalue weighted by Gasteiger charge is -2.29. The molecule has 186 valence electrons. The van der Waals surface area contributed by atoms with E-state index in [9.17, 15) is 29.1 Å². The maximum Gasteiger partial charge on any atom is 0.326 e. The van der Waals surface area contributed by atoms with Crippen LogP contribution in [0.5, 0.6) is 0 Å². The molecule has 1 aliphatic heterocycles. The molecular weight excluding hydrogens is 442 g/mol. The van der Waals surface area contributed by atoms with E-state index < -0.39 is 53.8 Å². The van der Waals surface area contributed by atoms with E-state index in [1.54, 1.807) is 44.2 Å². The van der Waals surface area contributed by atoms with Gasteiger partial charge < -0.3 is 32.1 Å². The summed E-state index contributed by atoms with van der Waals surface area (Å²) in [5, 5.41) is 14.7. The molecule has 0 spiro atoms. The number of carboxylic acids is 1. The second-order valence-electron chi connectivity index (χ2n) is 8.79. The summed E-state index contributed by atoms with van der Waals surface area (Å²) in [7, 11) is 0. The largest absolute Gasteiger partial charge is 0.480 e. The Morgan fingerprint density at radius 3 is 2.32 bits per heavy atom. The van der Waals surface area contributed by atoms with E-state index in [0.29, 0.717) is 19.4 Å². The van der Waals surface area contributed by atoms with Gasteiger partial charge in [0.1, 0.15) is 18.1 Å². The fourth-order valence-electron chi connectivity index (χ4n) is 3.92. The molecule has 7 N–H and O–H groups in total. The topological polar surface area (TPSA) is 185 Å². The molecule has 0 bridgehead atoms. The molecule has 34 heavy (non-hydrogen) atoms. The van der Waals surface area contributed by atoms with Crippen molar-refractivity contribution in [3.05, 3.63) is 35.9 Å². The van der Waals surface area contributed by atoms with Gasteiger partial charge in [-0.3, -0.25) is 19.2 Å². The maximum absolute atomic E-state index is 13.0. The van der Waals surface area contributed by atoms with Crippen LogP contribution in [-0.4, -0.2) is 70.3 Å². The van der Waals surface area contributed by atoms with Crippen LogP contribution < -0.4 is 22.1 Å². The van der Waals surface area contributed by atoms with Gasteiger partial charge in [0.15, 0.2) is 0 Å². The maximum atomic E-state index is 13.0. The number of nitrogens with zero attached hydrogens (tertiary/aromatic N) is 1. The van der Waals surface area contributed by atoms with Crippen LogP contribution in [0.1, 0.15) is 38.7 Å². The second kappa shape index (κ2) is 12.1. The van der Waals surface area contributed by atoms with Gasteiger partial charge in [-0.05, 0) is 24.3 Å². The molecule has 0 radical (unpaired) electrons. The third kappa shape index (κ3) is 7.27. The van der Waals surface area contributed by atoms with Crippen LogP contribution in [0.4, 0.5) is 0 Å². The van der Waals surface area contributed by atoms with Crippen LogP contribution in [0.15, 0.2) is 30.3 Å². The third-order valence-electron chi connectivity index (χ3n) is 5.72. The molecule has 1 heterocycles. The van der Waals surface area contributed by atoms with Crippen molar-refractivity contribution in [1.82, 2.24) is 15.5 Å². The predicted octanol–water partition coefficient (Wildman–Crippen LogP) is -0.867. The standard InChI is InChI=1S/C23H33N5O6/c1-13(2)19(21(31)26-16(23(33)34)11-14-7-4-3-5-8-14)27-20(30)17-9-6-10-28(17)22(32)15(24)12-18(25)29/h3-5,7-8,13,15-17,19H,6,9-12,24H2,1-2H3,(H2,25,29)(H,26,31)(H,27,30)(H,33,34). The Labute approximate surface area is 198 Å². The number of hydrogen-bond acceptors (Lipinski definition) is 6. The van der Waals surface area contributed by atoms with E-state index in [1.807, 2.05) is 0 Å². The lowest BCUT2D eigenvalue weighted by Crippen LogP contribution is -2.58. The third-order valence-corrected chi connectivity index (χ3v) is 5.72. The van der Waals surface area contributed by atoms with Crippen molar-refractivity contribution < 1.29 is 29.1 Å². The summed E-state index contributed by atoms with van der Waals surface area (Å²) in [5.41, 5.74) is 11.6. The molecule has 1 saturated heterocycles. The zero-order valence-electron chi connectivity index (χ0n) is 19.4. The Hall–Kier alpha value is -3.47. The number of amides is 4. The number of nitrogens with one attached hydrogen (secondary N) is 2. The first-order chi connectivity index (χ1) is 16.0. The number of aliphatic carboxylic acids is 1. The highest BCUT2D eigenvalue weighted by molar-refractivity contribution is 5.95. The fourth-order valence-corrected chi connectivity index (χ4v) is 3.92. The summed E-state index contributed by atoms with van der Waals surface area (Å²) in [4.78, 5) is 62.7. The smallest absolute Gasteiger partial charge is 0.326 e. The summed E-state index contributed by atoms with van der Waals surface area (Å²) in [6.45, 7) is 3.73. The van der Waals surface area contributed by atoms with Gasteiger partial charge in [0.2, 0.25) is 23.6 Å². The van der Waals surface area contributed by atoms with Crippen LogP contribution in [-0.2, 0) is 30.4 Å². The van der Waals surface area contributed by atoms with Gasteiger partial charge in [-0.2, -0.15) is 0 Å². The van der Waals surface area contributed by atoms with E-state index in [1.165, 1.54) is 4.90 Å². The number of carbonyl (C=O) groups excluding carboxylic acids is 4. The van der Waals surface area contributed by atoms with Crippen LogP contribution in [0.25, 0.3) is 0 Å². The van der Waals surface area contributed by atoms with Crippen molar-refractivity contribution in [2.75, 3.05) is 6.54 Å². The molecule has 11 heteroatoms. The predicted molar refractivity (Wildman–Crippen MR) is 123 cm³/mol. The summed E-state index contributed by atoms with van der Waals surface area (Å²) in [5.74, 6) is -3.99. The zero-order valence-corrected chi connectivity index (χ0v) is 19.4. The Bertz CT molecular complexity index is 906. The Morgan fingerprint density at radius 2 is 1.76 bits per heavy atom.